The van der Waals surface area contributed by atoms with Gasteiger partial charge in [0.25, 0.3) is 0 Å². The molecule has 0 spiro atoms. The van der Waals surface area contributed by atoms with Gasteiger partial charge < -0.3 is 15.2 Å². The lowest BCUT2D eigenvalue weighted by Crippen LogP contribution is -2.46. The van der Waals surface area contributed by atoms with Crippen LogP contribution in [0, 0.1) is 11.7 Å². The highest BCUT2D eigenvalue weighted by Crippen LogP contribution is 2.52. The molecule has 0 bridgehead atoms. The summed E-state index contributed by atoms with van der Waals surface area (Å²) in [6.07, 6.45) is -4.61. The minimum Gasteiger partial charge on any atom is -0.465 e. The van der Waals surface area contributed by atoms with Gasteiger partial charge in [0, 0.05) is 33.3 Å². The molecular formula is C32H28F4N2O5S. The second-order valence-corrected chi connectivity index (χ2v) is 11.1. The third-order valence-corrected chi connectivity index (χ3v) is 8.66. The fraction of sp³-hybridized carbons (Fsp3) is 0.281. The van der Waals surface area contributed by atoms with E-state index in [4.69, 9.17) is 15.2 Å². The number of ketones is 1. The Morgan fingerprint density at radius 2 is 1.68 bits per heavy atom. The number of nitrogens with zero attached hydrogens (tertiary/aromatic N) is 1. The van der Waals surface area contributed by atoms with E-state index >= 15 is 4.39 Å². The van der Waals surface area contributed by atoms with Crippen LogP contribution in [0.5, 0.6) is 0 Å². The summed E-state index contributed by atoms with van der Waals surface area (Å²) >= 11 is 1.32. The van der Waals surface area contributed by atoms with Crippen LogP contribution in [0.3, 0.4) is 0 Å². The first-order valence-electron chi connectivity index (χ1n) is 13.8. The van der Waals surface area contributed by atoms with E-state index in [1.165, 1.54) is 52.6 Å². The van der Waals surface area contributed by atoms with E-state index < -0.39 is 53.0 Å². The van der Waals surface area contributed by atoms with Crippen molar-refractivity contribution in [2.45, 2.75) is 38.3 Å². The molecule has 2 heterocycles. The highest BCUT2D eigenvalue weighted by atomic mass is 32.1. The number of benzene rings is 2. The van der Waals surface area contributed by atoms with Crippen LogP contribution in [0.1, 0.15) is 48.1 Å². The zero-order valence-corrected chi connectivity index (χ0v) is 24.5. The van der Waals surface area contributed by atoms with E-state index in [9.17, 15) is 27.6 Å². The molecule has 0 radical (unpaired) electrons. The van der Waals surface area contributed by atoms with Crippen LogP contribution in [0.2, 0.25) is 0 Å². The number of Topliss-reactive ketones (excluding diaryl/α,β-unsaturated/α-hetero) is 1. The summed E-state index contributed by atoms with van der Waals surface area (Å²) in [5, 5.41) is 1.79. The first-order chi connectivity index (χ1) is 21.0. The fourth-order valence-corrected chi connectivity index (χ4v) is 6.69. The minimum absolute atomic E-state index is 0.00102. The second-order valence-electron chi connectivity index (χ2n) is 10.1. The molecule has 0 saturated heterocycles. The topological polar surface area (TPSA) is 98.9 Å². The van der Waals surface area contributed by atoms with Gasteiger partial charge in [0.05, 0.1) is 30.3 Å². The average molecular weight is 629 g/mol. The molecule has 7 nitrogen and oxygen atoms in total. The number of hydrogen-bond donors (Lipinski definition) is 1. The molecule has 0 saturated carbocycles. The summed E-state index contributed by atoms with van der Waals surface area (Å²) in [7, 11) is 0. The number of halogens is 4. The average Bonchev–Trinajstić information content (AvgIpc) is 3.52. The van der Waals surface area contributed by atoms with Crippen molar-refractivity contribution in [2.24, 2.45) is 11.7 Å². The van der Waals surface area contributed by atoms with Crippen molar-refractivity contribution in [2.75, 3.05) is 18.1 Å². The lowest BCUT2D eigenvalue weighted by molar-refractivity contribution is -0.152. The number of thiophene rings is 1. The first-order valence-corrected chi connectivity index (χ1v) is 14.7. The number of anilines is 1. The zero-order valence-electron chi connectivity index (χ0n) is 23.7. The van der Waals surface area contributed by atoms with Crippen molar-refractivity contribution in [3.8, 4) is 0 Å². The summed E-state index contributed by atoms with van der Waals surface area (Å²) in [5.74, 6) is -6.83. The van der Waals surface area contributed by atoms with Crippen LogP contribution in [-0.2, 0) is 30.0 Å². The molecule has 2 N–H and O–H groups in total. The third kappa shape index (κ3) is 5.49. The predicted octanol–water partition coefficient (Wildman–Crippen LogP) is 6.43. The van der Waals surface area contributed by atoms with E-state index in [-0.39, 0.29) is 53.5 Å². The minimum atomic E-state index is -4.61. The molecule has 3 atom stereocenters. The largest absolute Gasteiger partial charge is 0.465 e. The number of rotatable bonds is 7. The van der Waals surface area contributed by atoms with Crippen molar-refractivity contribution in [3.63, 3.8) is 0 Å². The van der Waals surface area contributed by atoms with E-state index in [2.05, 4.69) is 0 Å². The summed E-state index contributed by atoms with van der Waals surface area (Å²) < 4.78 is 66.4. The Labute approximate surface area is 254 Å². The predicted molar refractivity (Wildman–Crippen MR) is 155 cm³/mol. The van der Waals surface area contributed by atoms with Crippen molar-refractivity contribution in [1.82, 2.24) is 0 Å². The third-order valence-electron chi connectivity index (χ3n) is 7.65. The van der Waals surface area contributed by atoms with Gasteiger partial charge in [-0.2, -0.15) is 13.2 Å². The Kier molecular flexibility index (Phi) is 8.64. The maximum absolute atomic E-state index is 15.5. The number of allylic oxidation sites excluding steroid dienone is 2. The van der Waals surface area contributed by atoms with Crippen molar-refractivity contribution in [1.29, 1.82) is 0 Å². The summed E-state index contributed by atoms with van der Waals surface area (Å²) in [6, 6.07) is 13.2. The maximum Gasteiger partial charge on any atom is 0.416 e. The van der Waals surface area contributed by atoms with Gasteiger partial charge in [0.1, 0.15) is 17.6 Å². The van der Waals surface area contributed by atoms with Crippen molar-refractivity contribution < 1.29 is 41.4 Å². The molecule has 2 aromatic carbocycles. The van der Waals surface area contributed by atoms with Gasteiger partial charge in [-0.1, -0.05) is 24.3 Å². The summed E-state index contributed by atoms with van der Waals surface area (Å²) in [4.78, 5) is 43.5. The molecule has 1 aromatic heterocycles. The number of esters is 2. The van der Waals surface area contributed by atoms with E-state index in [0.29, 0.717) is 4.88 Å². The molecule has 5 rings (SSSR count). The number of nitrogens with two attached hydrogens (primary N) is 1. The zero-order chi connectivity index (χ0) is 31.8. The number of alkyl halides is 3. The Morgan fingerprint density at radius 1 is 1.00 bits per heavy atom. The molecule has 12 heteroatoms. The molecule has 230 valence electrons. The SMILES string of the molecule is CCOC(=O)C1=C(N)N(c2ccc(C(F)(F)F)cc2)C2=C(C(=O)[C@H](C(=O)OCC)[C@H](c3cccs3)C2)[C@H]1c1ccccc1F. The van der Waals surface area contributed by atoms with Gasteiger partial charge >= 0.3 is 18.1 Å². The van der Waals surface area contributed by atoms with E-state index in [1.807, 2.05) is 0 Å². The van der Waals surface area contributed by atoms with E-state index in [1.54, 1.807) is 31.4 Å². The van der Waals surface area contributed by atoms with Crippen molar-refractivity contribution in [3.05, 3.63) is 111 Å². The van der Waals surface area contributed by atoms with E-state index in [0.717, 1.165) is 12.1 Å². The Bertz CT molecular complexity index is 1650. The number of carbonyl (C=O) groups is 3. The summed E-state index contributed by atoms with van der Waals surface area (Å²) in [6.45, 7) is 3.09. The van der Waals surface area contributed by atoms with Crippen LogP contribution in [-0.4, -0.2) is 30.9 Å². The first kappa shape index (κ1) is 31.0. The fourth-order valence-electron chi connectivity index (χ4n) is 5.82. The van der Waals surface area contributed by atoms with Gasteiger partial charge in [0.2, 0.25) is 0 Å². The molecule has 2 aliphatic rings. The van der Waals surface area contributed by atoms with Crippen LogP contribution >= 0.6 is 11.3 Å². The Hall–Kier alpha value is -4.45. The smallest absolute Gasteiger partial charge is 0.416 e. The van der Waals surface area contributed by atoms with Crippen LogP contribution in [0.4, 0.5) is 23.2 Å². The Balaban J connectivity index is 1.82. The van der Waals surface area contributed by atoms with Gasteiger partial charge in [0.15, 0.2) is 5.78 Å². The van der Waals surface area contributed by atoms with Crippen molar-refractivity contribution >= 4 is 34.7 Å². The highest BCUT2D eigenvalue weighted by molar-refractivity contribution is 7.10. The molecule has 1 aliphatic heterocycles. The van der Waals surface area contributed by atoms with Gasteiger partial charge in [-0.05, 0) is 62.0 Å². The molecule has 0 amide bonds. The quantitative estimate of drug-likeness (QED) is 0.183. The molecular weight excluding hydrogens is 600 g/mol. The molecule has 44 heavy (non-hydrogen) atoms. The lowest BCUT2D eigenvalue weighted by atomic mass is 9.68. The number of ether oxygens (including phenoxy) is 2. The van der Waals surface area contributed by atoms with Gasteiger partial charge in [-0.25, -0.2) is 9.18 Å². The molecule has 3 aromatic rings. The molecule has 0 unspecified atom stereocenters. The monoisotopic (exact) mass is 628 g/mol. The van der Waals surface area contributed by atoms with Crippen LogP contribution in [0.15, 0.2) is 88.7 Å². The highest BCUT2D eigenvalue weighted by Gasteiger charge is 2.52. The summed E-state index contributed by atoms with van der Waals surface area (Å²) in [5.41, 5.74) is 5.70. The Morgan fingerprint density at radius 3 is 2.27 bits per heavy atom. The normalized spacial score (nSPS) is 20.5. The number of carbonyl (C=O) groups excluding carboxylic acids is 3. The number of hydrogen-bond acceptors (Lipinski definition) is 8. The second kappa shape index (κ2) is 12.3. The molecule has 0 fully saturated rings. The lowest BCUT2D eigenvalue weighted by Gasteiger charge is -2.43. The standard InChI is InChI=1S/C32H28F4N2O5S/c1-3-42-30(40)25-20(23-10-7-15-44-23)16-22-26(28(25)39)24(19-8-5-6-9-21(19)33)27(31(41)43-4-2)29(37)38(22)18-13-11-17(12-14-18)32(34,35)36/h5-15,20,24-25H,3-4,16,37H2,1-2H3/t20-,24+,25+/m0/s1. The van der Waals surface area contributed by atoms with Crippen LogP contribution in [0.25, 0.3) is 0 Å². The molecule has 1 aliphatic carbocycles. The van der Waals surface area contributed by atoms with Crippen LogP contribution < -0.4 is 10.6 Å². The van der Waals surface area contributed by atoms with Gasteiger partial charge in [-0.15, -0.1) is 11.3 Å². The van der Waals surface area contributed by atoms with Gasteiger partial charge in [-0.3, -0.25) is 14.5 Å². The maximum atomic E-state index is 15.5.